The van der Waals surface area contributed by atoms with Crippen molar-refractivity contribution in [1.29, 1.82) is 0 Å². The summed E-state index contributed by atoms with van der Waals surface area (Å²) >= 11 is 3.33. The number of benzene rings is 2. The molecule has 0 aliphatic rings. The normalized spacial score (nSPS) is 11.2. The number of alkyl halides is 3. The summed E-state index contributed by atoms with van der Waals surface area (Å²) < 4.78 is 44.1. The minimum absolute atomic E-state index is 0.354. The third-order valence-corrected chi connectivity index (χ3v) is 3.18. The highest BCUT2D eigenvalue weighted by Crippen LogP contribution is 2.30. The van der Waals surface area contributed by atoms with Crippen molar-refractivity contribution < 1.29 is 17.9 Å². The van der Waals surface area contributed by atoms with Crippen molar-refractivity contribution in [3.8, 4) is 5.75 Å². The van der Waals surface area contributed by atoms with Gasteiger partial charge in [0.2, 0.25) is 0 Å². The zero-order valence-corrected chi connectivity index (χ0v) is 12.5. The summed E-state index contributed by atoms with van der Waals surface area (Å²) in [6, 6.07) is 12.5. The molecule has 0 radical (unpaired) electrons. The zero-order chi connectivity index (χ0) is 15.3. The van der Waals surface area contributed by atoms with Gasteiger partial charge >= 0.3 is 6.18 Å². The lowest BCUT2D eigenvalue weighted by atomic mass is 10.2. The van der Waals surface area contributed by atoms with Crippen LogP contribution in [0.1, 0.15) is 5.56 Å². The summed E-state index contributed by atoms with van der Waals surface area (Å²) in [7, 11) is 0. The fraction of sp³-hybridized carbons (Fsp3) is 0.200. The molecule has 1 N–H and O–H groups in total. The molecular formula is C15H13BrF3NO. The van der Waals surface area contributed by atoms with Gasteiger partial charge in [-0.25, -0.2) is 0 Å². The van der Waals surface area contributed by atoms with Crippen molar-refractivity contribution in [3.05, 3.63) is 58.6 Å². The highest BCUT2D eigenvalue weighted by Gasteiger charge is 2.30. The zero-order valence-electron chi connectivity index (χ0n) is 11.0. The molecule has 2 aromatic carbocycles. The molecule has 0 aliphatic heterocycles. The van der Waals surface area contributed by atoms with Crippen LogP contribution in [0.25, 0.3) is 0 Å². The Bertz CT molecular complexity index is 601. The summed E-state index contributed by atoms with van der Waals surface area (Å²) in [6.45, 7) is 0.764. The smallest absolute Gasteiger partial charge is 0.416 e. The quantitative estimate of drug-likeness (QED) is 0.761. The number of anilines is 1. The standard InChI is InChI=1S/C15H13BrF3NO/c16-12-4-2-6-14(10-12)21-8-7-20-13-5-1-3-11(9-13)15(17,18)19/h1-6,9-10,20H,7-8H2. The second-order valence-corrected chi connectivity index (χ2v) is 5.23. The lowest BCUT2D eigenvalue weighted by Gasteiger charge is -2.11. The SMILES string of the molecule is FC(F)(F)c1cccc(NCCOc2cccc(Br)c2)c1. The van der Waals surface area contributed by atoms with Crippen LogP contribution in [-0.4, -0.2) is 13.2 Å². The molecule has 0 heterocycles. The fourth-order valence-corrected chi connectivity index (χ4v) is 2.10. The van der Waals surface area contributed by atoms with Crippen molar-refractivity contribution in [3.63, 3.8) is 0 Å². The van der Waals surface area contributed by atoms with Gasteiger partial charge in [-0.3, -0.25) is 0 Å². The Balaban J connectivity index is 1.84. The summed E-state index contributed by atoms with van der Waals surface area (Å²) in [5.74, 6) is 0.704. The van der Waals surface area contributed by atoms with Gasteiger partial charge in [-0.05, 0) is 36.4 Å². The van der Waals surface area contributed by atoms with Gasteiger partial charge < -0.3 is 10.1 Å². The average Bonchev–Trinajstić information content (AvgIpc) is 2.43. The number of rotatable bonds is 5. The van der Waals surface area contributed by atoms with Crippen LogP contribution in [0.2, 0.25) is 0 Å². The Labute approximate surface area is 129 Å². The molecule has 0 saturated heterocycles. The second kappa shape index (κ2) is 6.85. The molecule has 0 aliphatic carbocycles. The largest absolute Gasteiger partial charge is 0.492 e. The van der Waals surface area contributed by atoms with E-state index in [4.69, 9.17) is 4.74 Å². The van der Waals surface area contributed by atoms with Gasteiger partial charge in [0.1, 0.15) is 12.4 Å². The molecule has 2 rings (SSSR count). The van der Waals surface area contributed by atoms with E-state index in [1.54, 1.807) is 6.07 Å². The number of ether oxygens (including phenoxy) is 1. The molecule has 112 valence electrons. The molecule has 2 nitrogen and oxygen atoms in total. The van der Waals surface area contributed by atoms with Crippen LogP contribution in [0.4, 0.5) is 18.9 Å². The van der Waals surface area contributed by atoms with Gasteiger partial charge in [0.05, 0.1) is 5.56 Å². The van der Waals surface area contributed by atoms with Crippen molar-refractivity contribution in [2.45, 2.75) is 6.18 Å². The van der Waals surface area contributed by atoms with E-state index in [-0.39, 0.29) is 0 Å². The molecule has 0 fully saturated rings. The predicted octanol–water partition coefficient (Wildman–Crippen LogP) is 4.96. The van der Waals surface area contributed by atoms with Crippen LogP contribution in [0, 0.1) is 0 Å². The summed E-state index contributed by atoms with van der Waals surface area (Å²) in [5.41, 5.74) is -0.247. The van der Waals surface area contributed by atoms with E-state index < -0.39 is 11.7 Å². The first-order valence-electron chi connectivity index (χ1n) is 6.25. The molecule has 0 atom stereocenters. The maximum atomic E-state index is 12.6. The monoisotopic (exact) mass is 359 g/mol. The third kappa shape index (κ3) is 4.97. The van der Waals surface area contributed by atoms with E-state index in [0.717, 1.165) is 16.6 Å². The third-order valence-electron chi connectivity index (χ3n) is 2.69. The molecule has 0 saturated carbocycles. The molecule has 0 bridgehead atoms. The van der Waals surface area contributed by atoms with Gasteiger partial charge in [0.15, 0.2) is 0 Å². The van der Waals surface area contributed by atoms with E-state index in [1.165, 1.54) is 6.07 Å². The van der Waals surface area contributed by atoms with Crippen LogP contribution in [0.5, 0.6) is 5.75 Å². The van der Waals surface area contributed by atoms with Crippen LogP contribution in [-0.2, 0) is 6.18 Å². The van der Waals surface area contributed by atoms with Crippen LogP contribution < -0.4 is 10.1 Å². The number of nitrogens with one attached hydrogen (secondary N) is 1. The Kier molecular flexibility index (Phi) is 5.12. The Hall–Kier alpha value is -1.69. The van der Waals surface area contributed by atoms with Crippen molar-refractivity contribution in [1.82, 2.24) is 0 Å². The molecular weight excluding hydrogens is 347 g/mol. The van der Waals surface area contributed by atoms with E-state index >= 15 is 0 Å². The average molecular weight is 360 g/mol. The maximum absolute atomic E-state index is 12.6. The van der Waals surface area contributed by atoms with E-state index in [2.05, 4.69) is 21.2 Å². The van der Waals surface area contributed by atoms with Crippen molar-refractivity contribution in [2.24, 2.45) is 0 Å². The van der Waals surface area contributed by atoms with E-state index in [9.17, 15) is 13.2 Å². The minimum Gasteiger partial charge on any atom is -0.492 e. The topological polar surface area (TPSA) is 21.3 Å². The van der Waals surface area contributed by atoms with Crippen LogP contribution >= 0.6 is 15.9 Å². The number of hydrogen-bond donors (Lipinski definition) is 1. The Morgan fingerprint density at radius 3 is 2.52 bits per heavy atom. The number of hydrogen-bond acceptors (Lipinski definition) is 2. The van der Waals surface area contributed by atoms with Gasteiger partial charge in [0, 0.05) is 16.7 Å². The summed E-state index contributed by atoms with van der Waals surface area (Å²) in [4.78, 5) is 0. The predicted molar refractivity (Wildman–Crippen MR) is 79.6 cm³/mol. The first kappa shape index (κ1) is 15.7. The van der Waals surface area contributed by atoms with Gasteiger partial charge in [-0.2, -0.15) is 13.2 Å². The Morgan fingerprint density at radius 2 is 1.81 bits per heavy atom. The van der Waals surface area contributed by atoms with Crippen molar-refractivity contribution >= 4 is 21.6 Å². The van der Waals surface area contributed by atoms with Gasteiger partial charge in [0.25, 0.3) is 0 Å². The molecule has 0 aromatic heterocycles. The lowest BCUT2D eigenvalue weighted by Crippen LogP contribution is -2.12. The molecule has 6 heteroatoms. The first-order valence-corrected chi connectivity index (χ1v) is 7.04. The van der Waals surface area contributed by atoms with Gasteiger partial charge in [-0.1, -0.05) is 28.1 Å². The molecule has 0 spiro atoms. The molecule has 21 heavy (non-hydrogen) atoms. The highest BCUT2D eigenvalue weighted by molar-refractivity contribution is 9.10. The molecule has 0 amide bonds. The van der Waals surface area contributed by atoms with Gasteiger partial charge in [-0.15, -0.1) is 0 Å². The highest BCUT2D eigenvalue weighted by atomic mass is 79.9. The Morgan fingerprint density at radius 1 is 1.05 bits per heavy atom. The van der Waals surface area contributed by atoms with Crippen LogP contribution in [0.3, 0.4) is 0 Å². The lowest BCUT2D eigenvalue weighted by molar-refractivity contribution is -0.137. The minimum atomic E-state index is -4.33. The fourth-order valence-electron chi connectivity index (χ4n) is 1.73. The summed E-state index contributed by atoms with van der Waals surface area (Å²) in [5, 5.41) is 2.91. The van der Waals surface area contributed by atoms with Crippen LogP contribution in [0.15, 0.2) is 53.0 Å². The van der Waals surface area contributed by atoms with E-state index in [1.807, 2.05) is 24.3 Å². The van der Waals surface area contributed by atoms with Crippen molar-refractivity contribution in [2.75, 3.05) is 18.5 Å². The number of halogens is 4. The summed E-state index contributed by atoms with van der Waals surface area (Å²) in [6.07, 6.45) is -4.33. The molecule has 0 unspecified atom stereocenters. The molecule has 2 aromatic rings. The maximum Gasteiger partial charge on any atom is 0.416 e. The van der Waals surface area contributed by atoms with E-state index in [0.29, 0.717) is 24.6 Å². The second-order valence-electron chi connectivity index (χ2n) is 4.31. The first-order chi connectivity index (χ1) is 9.95.